The van der Waals surface area contributed by atoms with Gasteiger partial charge in [-0.05, 0) is 31.0 Å². The molecule has 27 heavy (non-hydrogen) atoms. The number of nitrogens with zero attached hydrogens (tertiary/aromatic N) is 2. The van der Waals surface area contributed by atoms with Crippen molar-refractivity contribution in [3.8, 4) is 11.6 Å². The molecule has 1 aromatic heterocycles. The third kappa shape index (κ3) is 5.08. The molecule has 0 saturated heterocycles. The van der Waals surface area contributed by atoms with Gasteiger partial charge >= 0.3 is 0 Å². The molecule has 1 amide bonds. The molecule has 1 fully saturated rings. The largest absolute Gasteiger partial charge is 0.437 e. The first-order valence-electron chi connectivity index (χ1n) is 8.97. The molecule has 1 aliphatic carbocycles. The van der Waals surface area contributed by atoms with E-state index in [4.69, 9.17) is 16.3 Å². The average Bonchev–Trinajstić information content (AvgIpc) is 2.68. The lowest BCUT2D eigenvalue weighted by molar-refractivity contribution is 0.00526. The summed E-state index contributed by atoms with van der Waals surface area (Å²) >= 11 is 6.18. The number of benzene rings is 1. The predicted octanol–water partition coefficient (Wildman–Crippen LogP) is 3.39. The van der Waals surface area contributed by atoms with Gasteiger partial charge in [-0.15, -0.1) is 0 Å². The summed E-state index contributed by atoms with van der Waals surface area (Å²) in [5.74, 6) is 0.940. The van der Waals surface area contributed by atoms with E-state index in [0.717, 1.165) is 19.3 Å². The summed E-state index contributed by atoms with van der Waals surface area (Å²) in [5, 5.41) is 16.5. The molecule has 1 saturated carbocycles. The minimum Gasteiger partial charge on any atom is -0.437 e. The Labute approximate surface area is 163 Å². The Hall–Kier alpha value is -2.38. The Morgan fingerprint density at radius 2 is 2.07 bits per heavy atom. The molecule has 8 heteroatoms. The minimum absolute atomic E-state index is 0.211. The highest BCUT2D eigenvalue weighted by molar-refractivity contribution is 6.33. The number of hydrogen-bond acceptors (Lipinski definition) is 6. The molecule has 0 unspecified atom stereocenters. The number of hydrogen-bond donors (Lipinski definition) is 3. The smallest absolute Gasteiger partial charge is 0.253 e. The van der Waals surface area contributed by atoms with Gasteiger partial charge in [0, 0.05) is 13.6 Å². The molecule has 3 rings (SSSR count). The van der Waals surface area contributed by atoms with Gasteiger partial charge in [0.05, 0.1) is 28.6 Å². The number of rotatable bonds is 6. The number of amides is 1. The summed E-state index contributed by atoms with van der Waals surface area (Å²) in [6.45, 7) is 0.211. The minimum atomic E-state index is -0.836. The summed E-state index contributed by atoms with van der Waals surface area (Å²) in [4.78, 5) is 20.8. The van der Waals surface area contributed by atoms with Crippen molar-refractivity contribution < 1.29 is 14.6 Å². The molecule has 1 aliphatic rings. The number of carbonyl (C=O) groups excluding carboxylic acids is 1. The normalized spacial score (nSPS) is 15.8. The Morgan fingerprint density at radius 3 is 2.81 bits per heavy atom. The molecule has 0 bridgehead atoms. The Balaban J connectivity index is 1.69. The summed E-state index contributed by atoms with van der Waals surface area (Å²) in [7, 11) is 1.73. The van der Waals surface area contributed by atoms with Crippen molar-refractivity contribution in [1.82, 2.24) is 15.3 Å². The van der Waals surface area contributed by atoms with Crippen LogP contribution in [0.1, 0.15) is 42.5 Å². The van der Waals surface area contributed by atoms with E-state index in [2.05, 4.69) is 20.6 Å². The first-order valence-corrected chi connectivity index (χ1v) is 9.35. The number of anilines is 1. The fourth-order valence-corrected chi connectivity index (χ4v) is 3.31. The second kappa shape index (κ2) is 8.54. The third-order valence-corrected chi connectivity index (χ3v) is 4.97. The average molecular weight is 391 g/mol. The number of aromatic nitrogens is 2. The fraction of sp³-hybridized carbons (Fsp3) is 0.421. The molecule has 0 radical (unpaired) electrons. The fourth-order valence-electron chi connectivity index (χ4n) is 3.11. The summed E-state index contributed by atoms with van der Waals surface area (Å²) in [6, 6.07) is 4.80. The van der Waals surface area contributed by atoms with Crippen LogP contribution in [0, 0.1) is 0 Å². The second-order valence-corrected chi connectivity index (χ2v) is 7.11. The van der Waals surface area contributed by atoms with Crippen molar-refractivity contribution in [3.05, 3.63) is 41.2 Å². The van der Waals surface area contributed by atoms with E-state index >= 15 is 0 Å². The SMILES string of the molecule is CNc1cncc(Oc2ccc(Cl)c(C(=O)NCC3(O)CCCCC3)c2)n1. The van der Waals surface area contributed by atoms with Crippen LogP contribution in [0.2, 0.25) is 5.02 Å². The molecule has 0 atom stereocenters. The quantitative estimate of drug-likeness (QED) is 0.699. The third-order valence-electron chi connectivity index (χ3n) is 4.64. The van der Waals surface area contributed by atoms with Gasteiger partial charge in [-0.3, -0.25) is 9.78 Å². The number of halogens is 1. The number of nitrogens with one attached hydrogen (secondary N) is 2. The topological polar surface area (TPSA) is 96.4 Å². The highest BCUT2D eigenvalue weighted by atomic mass is 35.5. The lowest BCUT2D eigenvalue weighted by Crippen LogP contribution is -2.44. The van der Waals surface area contributed by atoms with Gasteiger partial charge in [0.15, 0.2) is 0 Å². The van der Waals surface area contributed by atoms with Gasteiger partial charge in [0.2, 0.25) is 5.88 Å². The zero-order valence-corrected chi connectivity index (χ0v) is 15.9. The lowest BCUT2D eigenvalue weighted by atomic mass is 9.85. The number of aliphatic hydroxyl groups is 1. The van der Waals surface area contributed by atoms with Crippen molar-refractivity contribution >= 4 is 23.3 Å². The standard InChI is InChI=1S/C19H23ClN4O3/c1-21-16-10-22-11-17(24-16)27-13-5-6-15(20)14(9-13)18(25)23-12-19(26)7-3-2-4-8-19/h5-6,9-11,26H,2-4,7-8,12H2,1H3,(H,21,24)(H,23,25). The molecule has 0 spiro atoms. The lowest BCUT2D eigenvalue weighted by Gasteiger charge is -2.32. The van der Waals surface area contributed by atoms with Crippen LogP contribution in [0.15, 0.2) is 30.6 Å². The first kappa shape index (κ1) is 19.4. The zero-order valence-electron chi connectivity index (χ0n) is 15.2. The van der Waals surface area contributed by atoms with Gasteiger partial charge in [-0.25, -0.2) is 0 Å². The summed E-state index contributed by atoms with van der Waals surface area (Å²) in [5.41, 5.74) is -0.552. The molecule has 3 N–H and O–H groups in total. The van der Waals surface area contributed by atoms with Gasteiger partial charge in [-0.1, -0.05) is 30.9 Å². The predicted molar refractivity (Wildman–Crippen MR) is 103 cm³/mol. The number of carbonyl (C=O) groups is 1. The van der Waals surface area contributed by atoms with Crippen molar-refractivity contribution in [2.24, 2.45) is 0 Å². The van der Waals surface area contributed by atoms with Crippen LogP contribution in [0.25, 0.3) is 0 Å². The summed E-state index contributed by atoms with van der Waals surface area (Å²) < 4.78 is 5.68. The zero-order chi connectivity index (χ0) is 19.3. The van der Waals surface area contributed by atoms with E-state index in [9.17, 15) is 9.90 Å². The van der Waals surface area contributed by atoms with E-state index in [1.807, 2.05) is 0 Å². The van der Waals surface area contributed by atoms with Gasteiger partial charge < -0.3 is 20.5 Å². The Bertz CT molecular complexity index is 809. The highest BCUT2D eigenvalue weighted by Gasteiger charge is 2.29. The van der Waals surface area contributed by atoms with E-state index in [1.165, 1.54) is 6.20 Å². The van der Waals surface area contributed by atoms with Crippen LogP contribution in [-0.2, 0) is 0 Å². The van der Waals surface area contributed by atoms with Gasteiger partial charge in [-0.2, -0.15) is 4.98 Å². The van der Waals surface area contributed by atoms with Crippen LogP contribution in [0.4, 0.5) is 5.82 Å². The molecule has 2 aromatic rings. The van der Waals surface area contributed by atoms with Crippen LogP contribution in [0.3, 0.4) is 0 Å². The molecule has 0 aliphatic heterocycles. The van der Waals surface area contributed by atoms with E-state index in [0.29, 0.717) is 35.3 Å². The Kier molecular flexibility index (Phi) is 6.13. The second-order valence-electron chi connectivity index (χ2n) is 6.70. The maximum atomic E-state index is 12.6. The van der Waals surface area contributed by atoms with E-state index in [1.54, 1.807) is 31.4 Å². The van der Waals surface area contributed by atoms with Gasteiger partial charge in [0.1, 0.15) is 11.6 Å². The maximum Gasteiger partial charge on any atom is 0.253 e. The molecular formula is C19H23ClN4O3. The highest BCUT2D eigenvalue weighted by Crippen LogP contribution is 2.28. The van der Waals surface area contributed by atoms with E-state index < -0.39 is 5.60 Å². The molecular weight excluding hydrogens is 368 g/mol. The van der Waals surface area contributed by atoms with Crippen molar-refractivity contribution in [3.63, 3.8) is 0 Å². The molecule has 144 valence electrons. The van der Waals surface area contributed by atoms with Crippen LogP contribution in [0.5, 0.6) is 11.6 Å². The van der Waals surface area contributed by atoms with E-state index in [-0.39, 0.29) is 18.0 Å². The molecule has 1 aromatic carbocycles. The van der Waals surface area contributed by atoms with Crippen molar-refractivity contribution in [1.29, 1.82) is 0 Å². The van der Waals surface area contributed by atoms with Crippen LogP contribution < -0.4 is 15.4 Å². The molecule has 1 heterocycles. The molecule has 7 nitrogen and oxygen atoms in total. The first-order chi connectivity index (χ1) is 13.0. The maximum absolute atomic E-state index is 12.6. The summed E-state index contributed by atoms with van der Waals surface area (Å²) in [6.07, 6.45) is 7.53. The Morgan fingerprint density at radius 1 is 1.30 bits per heavy atom. The van der Waals surface area contributed by atoms with Crippen LogP contribution >= 0.6 is 11.6 Å². The monoisotopic (exact) mass is 390 g/mol. The van der Waals surface area contributed by atoms with Gasteiger partial charge in [0.25, 0.3) is 5.91 Å². The number of ether oxygens (including phenoxy) is 1. The van der Waals surface area contributed by atoms with Crippen molar-refractivity contribution in [2.75, 3.05) is 18.9 Å². The van der Waals surface area contributed by atoms with Crippen molar-refractivity contribution in [2.45, 2.75) is 37.7 Å². The van der Waals surface area contributed by atoms with Crippen LogP contribution in [-0.4, -0.2) is 40.2 Å².